The molecule has 3 rings (SSSR count). The number of Topliss-reactive ketones (excluding diaryl/α,β-unsaturated/α-hetero) is 1. The van der Waals surface area contributed by atoms with Gasteiger partial charge >= 0.3 is 0 Å². The monoisotopic (exact) mass is 379 g/mol. The number of aromatic nitrogens is 1. The Morgan fingerprint density at radius 3 is 2.43 bits per heavy atom. The molecule has 0 fully saturated rings. The first-order valence-electron chi connectivity index (χ1n) is 8.94. The van der Waals surface area contributed by atoms with Crippen molar-refractivity contribution in [2.24, 2.45) is 0 Å². The van der Waals surface area contributed by atoms with E-state index < -0.39 is 11.7 Å². The fourth-order valence-electron chi connectivity index (χ4n) is 3.23. The molecule has 2 aromatic carbocycles. The molecule has 0 aliphatic rings. The minimum Gasteiger partial charge on any atom is -0.497 e. The first-order valence-corrected chi connectivity index (χ1v) is 8.94. The fourth-order valence-corrected chi connectivity index (χ4v) is 3.23. The second-order valence-corrected chi connectivity index (χ2v) is 6.53. The van der Waals surface area contributed by atoms with Gasteiger partial charge in [-0.05, 0) is 29.7 Å². The van der Waals surface area contributed by atoms with E-state index in [0.29, 0.717) is 17.2 Å². The van der Waals surface area contributed by atoms with Crippen LogP contribution in [0.1, 0.15) is 28.2 Å². The van der Waals surface area contributed by atoms with Gasteiger partial charge in [0.25, 0.3) is 0 Å². The van der Waals surface area contributed by atoms with Gasteiger partial charge in [-0.1, -0.05) is 36.4 Å². The Labute approximate surface area is 164 Å². The number of rotatable bonds is 7. The zero-order chi connectivity index (χ0) is 20.1. The topological polar surface area (TPSA) is 48.4 Å². The Bertz CT molecular complexity index is 970. The van der Waals surface area contributed by atoms with E-state index in [-0.39, 0.29) is 12.2 Å². The number of carbonyl (C=O) groups is 1. The predicted octanol–water partition coefficient (Wildman–Crippen LogP) is 4.49. The highest BCUT2D eigenvalue weighted by molar-refractivity contribution is 5.91. The summed E-state index contributed by atoms with van der Waals surface area (Å²) in [5, 5.41) is 0. The second kappa shape index (κ2) is 8.65. The van der Waals surface area contributed by atoms with E-state index in [1.54, 1.807) is 30.5 Å². The van der Waals surface area contributed by atoms with E-state index in [4.69, 9.17) is 9.47 Å². The standard InChI is InChI=1S/C23H22FNO3/c1-15-6-4-5-7-18(15)23(19-10-9-17(27-2)13-20(19)24)21(26)12-16-8-11-22(28-3)25-14-16/h4-11,13-14,23H,12H2,1-3H3. The number of halogens is 1. The Hall–Kier alpha value is -3.21. The third kappa shape index (κ3) is 4.19. The van der Waals surface area contributed by atoms with Gasteiger partial charge in [-0.2, -0.15) is 0 Å². The molecule has 144 valence electrons. The lowest BCUT2D eigenvalue weighted by Gasteiger charge is -2.20. The van der Waals surface area contributed by atoms with E-state index >= 15 is 0 Å². The maximum absolute atomic E-state index is 14.8. The number of carbonyl (C=O) groups excluding carboxylic acids is 1. The molecule has 1 heterocycles. The summed E-state index contributed by atoms with van der Waals surface area (Å²) in [4.78, 5) is 17.4. The molecule has 0 saturated heterocycles. The number of hydrogen-bond acceptors (Lipinski definition) is 4. The van der Waals surface area contributed by atoms with Crippen LogP contribution in [-0.4, -0.2) is 25.0 Å². The Balaban J connectivity index is 2.00. The van der Waals surface area contributed by atoms with Gasteiger partial charge in [-0.25, -0.2) is 9.37 Å². The zero-order valence-corrected chi connectivity index (χ0v) is 16.1. The van der Waals surface area contributed by atoms with E-state index in [1.165, 1.54) is 20.3 Å². The van der Waals surface area contributed by atoms with Crippen molar-refractivity contribution in [3.8, 4) is 11.6 Å². The van der Waals surface area contributed by atoms with Crippen molar-refractivity contribution in [1.82, 2.24) is 4.98 Å². The van der Waals surface area contributed by atoms with E-state index in [0.717, 1.165) is 16.7 Å². The lowest BCUT2D eigenvalue weighted by atomic mass is 9.83. The summed E-state index contributed by atoms with van der Waals surface area (Å²) in [7, 11) is 3.02. The van der Waals surface area contributed by atoms with Crippen molar-refractivity contribution >= 4 is 5.78 Å². The number of benzene rings is 2. The molecular formula is C23H22FNO3. The van der Waals surface area contributed by atoms with Crippen LogP contribution in [-0.2, 0) is 11.2 Å². The van der Waals surface area contributed by atoms with E-state index in [9.17, 15) is 9.18 Å². The highest BCUT2D eigenvalue weighted by Crippen LogP contribution is 2.32. The van der Waals surface area contributed by atoms with Crippen molar-refractivity contribution in [2.75, 3.05) is 14.2 Å². The number of hydrogen-bond donors (Lipinski definition) is 0. The highest BCUT2D eigenvalue weighted by atomic mass is 19.1. The van der Waals surface area contributed by atoms with Gasteiger partial charge in [-0.3, -0.25) is 4.79 Å². The van der Waals surface area contributed by atoms with Crippen LogP contribution in [0.25, 0.3) is 0 Å². The molecule has 0 bridgehead atoms. The summed E-state index contributed by atoms with van der Waals surface area (Å²) in [6.45, 7) is 1.92. The van der Waals surface area contributed by atoms with Gasteiger partial charge in [0.2, 0.25) is 5.88 Å². The quantitative estimate of drug-likeness (QED) is 0.607. The highest BCUT2D eigenvalue weighted by Gasteiger charge is 2.27. The summed E-state index contributed by atoms with van der Waals surface area (Å²) in [6.07, 6.45) is 1.75. The molecule has 1 atom stereocenters. The lowest BCUT2D eigenvalue weighted by molar-refractivity contribution is -0.119. The van der Waals surface area contributed by atoms with Crippen LogP contribution < -0.4 is 9.47 Å². The van der Waals surface area contributed by atoms with Crippen molar-refractivity contribution < 1.29 is 18.7 Å². The van der Waals surface area contributed by atoms with Crippen LogP contribution in [0.15, 0.2) is 60.8 Å². The Kier molecular flexibility index (Phi) is 6.04. The molecule has 0 N–H and O–H groups in total. The molecule has 3 aromatic rings. The van der Waals surface area contributed by atoms with Gasteiger partial charge in [0.15, 0.2) is 0 Å². The molecule has 0 radical (unpaired) electrons. The average Bonchev–Trinajstić information content (AvgIpc) is 2.71. The smallest absolute Gasteiger partial charge is 0.212 e. The molecule has 1 unspecified atom stereocenters. The van der Waals surface area contributed by atoms with Crippen molar-refractivity contribution in [1.29, 1.82) is 0 Å². The number of ketones is 1. The van der Waals surface area contributed by atoms with Gasteiger partial charge in [-0.15, -0.1) is 0 Å². The molecule has 0 amide bonds. The zero-order valence-electron chi connectivity index (χ0n) is 16.1. The number of ether oxygens (including phenoxy) is 2. The Morgan fingerprint density at radius 1 is 1.04 bits per heavy atom. The maximum atomic E-state index is 14.8. The summed E-state index contributed by atoms with van der Waals surface area (Å²) >= 11 is 0. The van der Waals surface area contributed by atoms with Crippen LogP contribution in [0.4, 0.5) is 4.39 Å². The minimum absolute atomic E-state index is 0.106. The van der Waals surface area contributed by atoms with Crippen LogP contribution >= 0.6 is 0 Å². The summed E-state index contributed by atoms with van der Waals surface area (Å²) in [6, 6.07) is 15.7. The van der Waals surface area contributed by atoms with Crippen LogP contribution in [0, 0.1) is 12.7 Å². The van der Waals surface area contributed by atoms with E-state index in [2.05, 4.69) is 4.98 Å². The van der Waals surface area contributed by atoms with Gasteiger partial charge in [0.05, 0.1) is 20.1 Å². The largest absolute Gasteiger partial charge is 0.497 e. The molecular weight excluding hydrogens is 357 g/mol. The van der Waals surface area contributed by atoms with Crippen molar-refractivity contribution in [2.45, 2.75) is 19.3 Å². The number of methoxy groups -OCH3 is 2. The summed E-state index contributed by atoms with van der Waals surface area (Å²) in [5.41, 5.74) is 2.81. The summed E-state index contributed by atoms with van der Waals surface area (Å²) in [5.74, 6) is -0.391. The number of aryl methyl sites for hydroxylation is 1. The molecule has 0 aliphatic heterocycles. The van der Waals surface area contributed by atoms with Gasteiger partial charge in [0.1, 0.15) is 17.3 Å². The molecule has 0 aliphatic carbocycles. The van der Waals surface area contributed by atoms with Gasteiger partial charge in [0, 0.05) is 30.3 Å². The first-order chi connectivity index (χ1) is 13.5. The summed E-state index contributed by atoms with van der Waals surface area (Å²) < 4.78 is 25.0. The van der Waals surface area contributed by atoms with Gasteiger partial charge < -0.3 is 9.47 Å². The normalized spacial score (nSPS) is 11.7. The molecule has 0 saturated carbocycles. The van der Waals surface area contributed by atoms with Crippen molar-refractivity contribution in [3.05, 3.63) is 88.9 Å². The SMILES string of the molecule is COc1ccc(C(C(=O)Cc2ccc(OC)nc2)c2ccccc2C)c(F)c1. The Morgan fingerprint density at radius 2 is 1.82 bits per heavy atom. The predicted molar refractivity (Wildman–Crippen MR) is 105 cm³/mol. The lowest BCUT2D eigenvalue weighted by Crippen LogP contribution is -2.19. The average molecular weight is 379 g/mol. The van der Waals surface area contributed by atoms with Crippen LogP contribution in [0.3, 0.4) is 0 Å². The number of pyridine rings is 1. The second-order valence-electron chi connectivity index (χ2n) is 6.53. The molecule has 1 aromatic heterocycles. The van der Waals surface area contributed by atoms with Crippen LogP contribution in [0.2, 0.25) is 0 Å². The van der Waals surface area contributed by atoms with E-state index in [1.807, 2.05) is 31.2 Å². The molecule has 5 heteroatoms. The third-order valence-electron chi connectivity index (χ3n) is 4.73. The fraction of sp³-hybridized carbons (Fsp3) is 0.217. The minimum atomic E-state index is -0.714. The first kappa shape index (κ1) is 19.5. The molecule has 28 heavy (non-hydrogen) atoms. The molecule has 4 nitrogen and oxygen atoms in total. The maximum Gasteiger partial charge on any atom is 0.212 e. The number of nitrogens with zero attached hydrogens (tertiary/aromatic N) is 1. The van der Waals surface area contributed by atoms with Crippen molar-refractivity contribution in [3.63, 3.8) is 0 Å². The third-order valence-corrected chi connectivity index (χ3v) is 4.73. The molecule has 0 spiro atoms. The van der Waals surface area contributed by atoms with Crippen LogP contribution in [0.5, 0.6) is 11.6 Å².